The van der Waals surface area contributed by atoms with Crippen LogP contribution in [0.3, 0.4) is 0 Å². The molecule has 2 unspecified atom stereocenters. The first-order valence-electron chi connectivity index (χ1n) is 4.38. The van der Waals surface area contributed by atoms with E-state index in [1.165, 1.54) is 18.6 Å². The fourth-order valence-electron chi connectivity index (χ4n) is 1.57. The molecule has 0 aromatic carbocycles. The summed E-state index contributed by atoms with van der Waals surface area (Å²) in [6.45, 7) is 0. The summed E-state index contributed by atoms with van der Waals surface area (Å²) in [5, 5.41) is 11.8. The Morgan fingerprint density at radius 1 is 1.69 bits per heavy atom. The van der Waals surface area contributed by atoms with Crippen molar-refractivity contribution in [2.24, 2.45) is 12.8 Å². The number of aromatic nitrogens is 4. The Balaban J connectivity index is 2.12. The van der Waals surface area contributed by atoms with Crippen LogP contribution >= 0.6 is 11.8 Å². The fraction of sp³-hybridized carbons (Fsp3) is 0.857. The molecule has 1 aliphatic rings. The Morgan fingerprint density at radius 3 is 3.08 bits per heavy atom. The number of hydrogen-bond donors (Lipinski definition) is 1. The van der Waals surface area contributed by atoms with Gasteiger partial charge in [0.15, 0.2) is 5.82 Å². The third-order valence-corrected chi connectivity index (χ3v) is 3.80. The first-order valence-corrected chi connectivity index (χ1v) is 5.43. The fourth-order valence-corrected chi connectivity index (χ4v) is 2.87. The van der Waals surface area contributed by atoms with Crippen molar-refractivity contribution < 1.29 is 0 Å². The second-order valence-corrected chi connectivity index (χ2v) is 4.59. The lowest BCUT2D eigenvalue weighted by Crippen LogP contribution is -2.25. The predicted octanol–water partition coefficient (Wildman–Crippen LogP) is 0.105. The van der Waals surface area contributed by atoms with Gasteiger partial charge in [-0.3, -0.25) is 0 Å². The van der Waals surface area contributed by atoms with Gasteiger partial charge in [0.2, 0.25) is 0 Å². The maximum Gasteiger partial charge on any atom is 0.168 e. The molecule has 5 nitrogen and oxygen atoms in total. The number of thioether (sulfide) groups is 1. The molecule has 6 heteroatoms. The Kier molecular flexibility index (Phi) is 2.50. The van der Waals surface area contributed by atoms with Crippen molar-refractivity contribution >= 4 is 11.8 Å². The van der Waals surface area contributed by atoms with Gasteiger partial charge in [-0.15, -0.1) is 5.10 Å². The minimum atomic E-state index is -0.0208. The van der Waals surface area contributed by atoms with E-state index in [4.69, 9.17) is 5.73 Å². The van der Waals surface area contributed by atoms with Crippen molar-refractivity contribution in [3.05, 3.63) is 5.82 Å². The summed E-state index contributed by atoms with van der Waals surface area (Å²) < 4.78 is 1.66. The van der Waals surface area contributed by atoms with E-state index in [1.54, 1.807) is 4.68 Å². The van der Waals surface area contributed by atoms with Gasteiger partial charge >= 0.3 is 0 Å². The SMILES string of the molecule is Cn1nnnc1C(N)C1CCCS1. The van der Waals surface area contributed by atoms with E-state index in [1.807, 2.05) is 18.8 Å². The van der Waals surface area contributed by atoms with Crippen molar-refractivity contribution in [1.82, 2.24) is 20.2 Å². The molecule has 1 saturated heterocycles. The summed E-state index contributed by atoms with van der Waals surface area (Å²) in [6, 6.07) is -0.0208. The molecule has 0 amide bonds. The van der Waals surface area contributed by atoms with Crippen molar-refractivity contribution in [3.8, 4) is 0 Å². The highest BCUT2D eigenvalue weighted by atomic mass is 32.2. The summed E-state index contributed by atoms with van der Waals surface area (Å²) in [7, 11) is 1.83. The lowest BCUT2D eigenvalue weighted by molar-refractivity contribution is 0.568. The van der Waals surface area contributed by atoms with Crippen LogP contribution in [0, 0.1) is 0 Å². The van der Waals surface area contributed by atoms with Crippen molar-refractivity contribution in [1.29, 1.82) is 0 Å². The van der Waals surface area contributed by atoms with Crippen molar-refractivity contribution in [2.75, 3.05) is 5.75 Å². The van der Waals surface area contributed by atoms with Gasteiger partial charge in [0, 0.05) is 12.3 Å². The van der Waals surface area contributed by atoms with Gasteiger partial charge in [-0.05, 0) is 29.0 Å². The highest BCUT2D eigenvalue weighted by molar-refractivity contribution is 8.00. The van der Waals surface area contributed by atoms with Gasteiger partial charge in [0.25, 0.3) is 0 Å². The lowest BCUT2D eigenvalue weighted by Gasteiger charge is -2.15. The standard InChI is InChI=1S/C7H13N5S/c1-12-7(9-10-11-12)6(8)5-3-2-4-13-5/h5-6H,2-4,8H2,1H3. The Hall–Kier alpha value is -0.620. The molecule has 2 heterocycles. The summed E-state index contributed by atoms with van der Waals surface area (Å²) in [4.78, 5) is 0. The van der Waals surface area contributed by atoms with E-state index in [0.29, 0.717) is 5.25 Å². The highest BCUT2D eigenvalue weighted by Crippen LogP contribution is 2.33. The van der Waals surface area contributed by atoms with Gasteiger partial charge < -0.3 is 5.73 Å². The zero-order valence-electron chi connectivity index (χ0n) is 7.55. The molecular formula is C7H13N5S. The Labute approximate surface area is 81.1 Å². The Morgan fingerprint density at radius 2 is 2.54 bits per heavy atom. The van der Waals surface area contributed by atoms with E-state index in [2.05, 4.69) is 15.5 Å². The zero-order valence-corrected chi connectivity index (χ0v) is 8.37. The first kappa shape index (κ1) is 8.96. The lowest BCUT2D eigenvalue weighted by atomic mass is 10.1. The van der Waals surface area contributed by atoms with Crippen LogP contribution in [-0.4, -0.2) is 31.2 Å². The van der Waals surface area contributed by atoms with Crippen LogP contribution in [0.2, 0.25) is 0 Å². The molecule has 2 rings (SSSR count). The van der Waals surface area contributed by atoms with Crippen LogP contribution < -0.4 is 5.73 Å². The average Bonchev–Trinajstić information content (AvgIpc) is 2.72. The van der Waals surface area contributed by atoms with Crippen LogP contribution in [0.1, 0.15) is 24.7 Å². The predicted molar refractivity (Wildman–Crippen MR) is 51.2 cm³/mol. The third-order valence-electron chi connectivity index (χ3n) is 2.32. The molecule has 0 saturated carbocycles. The molecule has 0 radical (unpaired) electrons. The second kappa shape index (κ2) is 3.63. The normalized spacial score (nSPS) is 24.9. The molecule has 2 N–H and O–H groups in total. The van der Waals surface area contributed by atoms with Crippen molar-refractivity contribution in [2.45, 2.75) is 24.1 Å². The minimum absolute atomic E-state index is 0.0208. The van der Waals surface area contributed by atoms with Gasteiger partial charge in [-0.25, -0.2) is 4.68 Å². The van der Waals surface area contributed by atoms with Crippen molar-refractivity contribution in [3.63, 3.8) is 0 Å². The summed E-state index contributed by atoms with van der Waals surface area (Å²) in [5.74, 6) is 2.00. The van der Waals surface area contributed by atoms with E-state index in [9.17, 15) is 0 Å². The van der Waals surface area contributed by atoms with Gasteiger partial charge in [-0.2, -0.15) is 11.8 Å². The van der Waals surface area contributed by atoms with Crippen LogP contribution in [0.25, 0.3) is 0 Å². The summed E-state index contributed by atoms with van der Waals surface area (Å²) >= 11 is 1.92. The van der Waals surface area contributed by atoms with Crippen LogP contribution in [0.5, 0.6) is 0 Å². The van der Waals surface area contributed by atoms with Gasteiger partial charge in [0.05, 0.1) is 6.04 Å². The zero-order chi connectivity index (χ0) is 9.26. The number of nitrogens with two attached hydrogens (primary N) is 1. The number of rotatable bonds is 2. The quantitative estimate of drug-likeness (QED) is 0.732. The third kappa shape index (κ3) is 1.68. The number of nitrogens with zero attached hydrogens (tertiary/aromatic N) is 4. The molecule has 0 bridgehead atoms. The van der Waals surface area contributed by atoms with E-state index < -0.39 is 0 Å². The molecule has 1 aromatic rings. The average molecular weight is 199 g/mol. The molecule has 1 fully saturated rings. The smallest absolute Gasteiger partial charge is 0.168 e. The maximum absolute atomic E-state index is 6.06. The summed E-state index contributed by atoms with van der Waals surface area (Å²) in [5.41, 5.74) is 6.06. The number of hydrogen-bond acceptors (Lipinski definition) is 5. The molecule has 0 spiro atoms. The highest BCUT2D eigenvalue weighted by Gasteiger charge is 2.27. The number of tetrazole rings is 1. The van der Waals surface area contributed by atoms with Gasteiger partial charge in [0.1, 0.15) is 0 Å². The molecule has 13 heavy (non-hydrogen) atoms. The molecule has 1 aliphatic heterocycles. The topological polar surface area (TPSA) is 69.6 Å². The number of aryl methyl sites for hydroxylation is 1. The summed E-state index contributed by atoms with van der Waals surface area (Å²) in [6.07, 6.45) is 2.44. The molecule has 72 valence electrons. The van der Waals surface area contributed by atoms with E-state index in [-0.39, 0.29) is 6.04 Å². The second-order valence-electron chi connectivity index (χ2n) is 3.24. The van der Waals surface area contributed by atoms with Crippen LogP contribution in [0.4, 0.5) is 0 Å². The van der Waals surface area contributed by atoms with Crippen LogP contribution in [0.15, 0.2) is 0 Å². The molecule has 2 atom stereocenters. The largest absolute Gasteiger partial charge is 0.320 e. The molecular weight excluding hydrogens is 186 g/mol. The van der Waals surface area contributed by atoms with E-state index in [0.717, 1.165) is 5.82 Å². The first-order chi connectivity index (χ1) is 6.29. The maximum atomic E-state index is 6.06. The Bertz CT molecular complexity index is 280. The molecule has 0 aliphatic carbocycles. The van der Waals surface area contributed by atoms with E-state index >= 15 is 0 Å². The van der Waals surface area contributed by atoms with Crippen LogP contribution in [-0.2, 0) is 7.05 Å². The minimum Gasteiger partial charge on any atom is -0.320 e. The monoisotopic (exact) mass is 199 g/mol. The van der Waals surface area contributed by atoms with Gasteiger partial charge in [-0.1, -0.05) is 0 Å². The molecule has 1 aromatic heterocycles.